The predicted octanol–water partition coefficient (Wildman–Crippen LogP) is 5.21. The minimum absolute atomic E-state index is 0.203. The van der Waals surface area contributed by atoms with Crippen molar-refractivity contribution in [2.75, 3.05) is 7.11 Å². The van der Waals surface area contributed by atoms with E-state index in [1.807, 2.05) is 6.92 Å². The van der Waals surface area contributed by atoms with Gasteiger partial charge >= 0.3 is 5.97 Å². The molecule has 162 valence electrons. The second-order valence-corrected chi connectivity index (χ2v) is 6.76. The Morgan fingerprint density at radius 2 is 1.59 bits per heavy atom. The number of nitrogens with zero attached hydrogens (tertiary/aromatic N) is 2. The lowest BCUT2D eigenvalue weighted by molar-refractivity contribution is -0.394. The van der Waals surface area contributed by atoms with Crippen LogP contribution >= 0.6 is 0 Å². The maximum Gasteiger partial charge on any atom is 0.343 e. The number of non-ortho nitro benzene ring substituents is 1. The van der Waals surface area contributed by atoms with Gasteiger partial charge in [-0.25, -0.2) is 4.79 Å². The molecule has 0 radical (unpaired) electrons. The number of benzene rings is 3. The molecule has 0 unspecified atom stereocenters. The highest BCUT2D eigenvalue weighted by Crippen LogP contribution is 2.31. The molecule has 0 aliphatic carbocycles. The number of hydrogen-bond donors (Lipinski definition) is 0. The van der Waals surface area contributed by atoms with Crippen molar-refractivity contribution in [3.05, 3.63) is 103 Å². The van der Waals surface area contributed by atoms with Crippen molar-refractivity contribution in [1.82, 2.24) is 0 Å². The summed E-state index contributed by atoms with van der Waals surface area (Å²) in [5, 5.41) is 22.1. The summed E-state index contributed by atoms with van der Waals surface area (Å²) in [5.74, 6) is -0.0181. The smallest absolute Gasteiger partial charge is 0.343 e. The van der Waals surface area contributed by atoms with Crippen LogP contribution in [0.1, 0.15) is 27.0 Å². The Bertz CT molecular complexity index is 1220. The van der Waals surface area contributed by atoms with E-state index in [9.17, 15) is 25.0 Å². The third-order valence-corrected chi connectivity index (χ3v) is 4.55. The highest BCUT2D eigenvalue weighted by atomic mass is 16.6. The average Bonchev–Trinajstić information content (AvgIpc) is 2.78. The Morgan fingerprint density at radius 1 is 0.875 bits per heavy atom. The van der Waals surface area contributed by atoms with Gasteiger partial charge in [-0.2, -0.15) is 0 Å². The van der Waals surface area contributed by atoms with E-state index in [-0.39, 0.29) is 22.7 Å². The van der Waals surface area contributed by atoms with Crippen LogP contribution in [0.3, 0.4) is 0 Å². The van der Waals surface area contributed by atoms with Crippen molar-refractivity contribution < 1.29 is 24.1 Å². The average molecular weight is 434 g/mol. The molecule has 9 heteroatoms. The fourth-order valence-corrected chi connectivity index (χ4v) is 2.85. The van der Waals surface area contributed by atoms with Gasteiger partial charge in [0.05, 0.1) is 34.1 Å². The molecule has 0 aliphatic rings. The molecular weight excluding hydrogens is 416 g/mol. The molecule has 3 rings (SSSR count). The predicted molar refractivity (Wildman–Crippen MR) is 118 cm³/mol. The van der Waals surface area contributed by atoms with Gasteiger partial charge in [0.1, 0.15) is 0 Å². The van der Waals surface area contributed by atoms with Gasteiger partial charge in [0.25, 0.3) is 11.4 Å². The third kappa shape index (κ3) is 5.14. The van der Waals surface area contributed by atoms with E-state index in [1.165, 1.54) is 25.3 Å². The molecule has 0 saturated carbocycles. The number of esters is 1. The number of rotatable bonds is 7. The van der Waals surface area contributed by atoms with Crippen LogP contribution in [0.25, 0.3) is 12.2 Å². The first-order valence-corrected chi connectivity index (χ1v) is 9.36. The Hall–Kier alpha value is -4.53. The largest absolute Gasteiger partial charge is 0.493 e. The quantitative estimate of drug-likeness (QED) is 0.164. The normalized spacial score (nSPS) is 10.7. The fraction of sp³-hybridized carbons (Fsp3) is 0.0870. The van der Waals surface area contributed by atoms with Crippen LogP contribution in [0.2, 0.25) is 0 Å². The van der Waals surface area contributed by atoms with Crippen LogP contribution in [0.5, 0.6) is 11.5 Å². The summed E-state index contributed by atoms with van der Waals surface area (Å²) in [6, 6.07) is 15.2. The van der Waals surface area contributed by atoms with Gasteiger partial charge < -0.3 is 9.47 Å². The maximum atomic E-state index is 12.4. The SMILES string of the molecule is COc1cc(/C=C/c2ccc([N+](=O)[O-])cc2[N+](=O)[O-])ccc1OC(=O)c1ccc(C)cc1. The van der Waals surface area contributed by atoms with Crippen LogP contribution in [0, 0.1) is 27.2 Å². The molecule has 0 bridgehead atoms. The van der Waals surface area contributed by atoms with Crippen molar-refractivity contribution in [3.63, 3.8) is 0 Å². The van der Waals surface area contributed by atoms with Crippen molar-refractivity contribution >= 4 is 29.5 Å². The van der Waals surface area contributed by atoms with Crippen LogP contribution in [0.15, 0.2) is 60.7 Å². The lowest BCUT2D eigenvalue weighted by atomic mass is 10.1. The summed E-state index contributed by atoms with van der Waals surface area (Å²) in [6.45, 7) is 1.91. The summed E-state index contributed by atoms with van der Waals surface area (Å²) >= 11 is 0. The first kappa shape index (κ1) is 22.2. The van der Waals surface area contributed by atoms with E-state index in [2.05, 4.69) is 0 Å². The molecule has 9 nitrogen and oxygen atoms in total. The highest BCUT2D eigenvalue weighted by Gasteiger charge is 2.18. The minimum Gasteiger partial charge on any atom is -0.493 e. The number of carbonyl (C=O) groups is 1. The van der Waals surface area contributed by atoms with Crippen LogP contribution in [-0.4, -0.2) is 22.9 Å². The zero-order chi connectivity index (χ0) is 23.3. The van der Waals surface area contributed by atoms with Crippen LogP contribution in [-0.2, 0) is 0 Å². The molecule has 0 aliphatic heterocycles. The highest BCUT2D eigenvalue weighted by molar-refractivity contribution is 5.91. The summed E-state index contributed by atoms with van der Waals surface area (Å²) in [7, 11) is 1.42. The van der Waals surface area contributed by atoms with E-state index >= 15 is 0 Å². The Balaban J connectivity index is 1.84. The van der Waals surface area contributed by atoms with Crippen molar-refractivity contribution in [3.8, 4) is 11.5 Å². The monoisotopic (exact) mass is 434 g/mol. The van der Waals surface area contributed by atoms with Crippen molar-refractivity contribution in [1.29, 1.82) is 0 Å². The number of ether oxygens (including phenoxy) is 2. The lowest BCUT2D eigenvalue weighted by Crippen LogP contribution is -2.09. The lowest BCUT2D eigenvalue weighted by Gasteiger charge is -2.10. The number of nitro groups is 2. The Morgan fingerprint density at radius 3 is 2.22 bits per heavy atom. The molecule has 0 N–H and O–H groups in total. The topological polar surface area (TPSA) is 122 Å². The first-order valence-electron chi connectivity index (χ1n) is 9.36. The standard InChI is InChI=1S/C23H18N2O7/c1-15-3-7-18(8-4-15)23(26)32-21-12-6-16(13-22(21)31-2)5-9-17-10-11-19(24(27)28)14-20(17)25(29)30/h3-14H,1-2H3/b9-5+. The van der Waals surface area contributed by atoms with Gasteiger partial charge in [0.15, 0.2) is 11.5 Å². The van der Waals surface area contributed by atoms with Gasteiger partial charge in [0, 0.05) is 6.07 Å². The molecule has 3 aromatic carbocycles. The number of aryl methyl sites for hydroxylation is 1. The second kappa shape index (κ2) is 9.52. The molecule has 0 fully saturated rings. The van der Waals surface area contributed by atoms with E-state index in [4.69, 9.17) is 9.47 Å². The molecular formula is C23H18N2O7. The van der Waals surface area contributed by atoms with Gasteiger partial charge in [0.2, 0.25) is 0 Å². The number of carbonyl (C=O) groups excluding carboxylic acids is 1. The van der Waals surface area contributed by atoms with Gasteiger partial charge in [-0.15, -0.1) is 0 Å². The number of hydrogen-bond acceptors (Lipinski definition) is 7. The van der Waals surface area contributed by atoms with E-state index < -0.39 is 15.8 Å². The van der Waals surface area contributed by atoms with E-state index in [0.717, 1.165) is 11.6 Å². The summed E-state index contributed by atoms with van der Waals surface area (Å²) < 4.78 is 10.7. The van der Waals surface area contributed by atoms with Crippen molar-refractivity contribution in [2.24, 2.45) is 0 Å². The zero-order valence-electron chi connectivity index (χ0n) is 17.2. The maximum absolute atomic E-state index is 12.4. The van der Waals surface area contributed by atoms with E-state index in [0.29, 0.717) is 16.9 Å². The van der Waals surface area contributed by atoms with Crippen LogP contribution < -0.4 is 9.47 Å². The summed E-state index contributed by atoms with van der Waals surface area (Å²) in [4.78, 5) is 33.1. The molecule has 3 aromatic rings. The Kier molecular flexibility index (Phi) is 6.59. The molecule has 0 spiro atoms. The van der Waals surface area contributed by atoms with Crippen molar-refractivity contribution in [2.45, 2.75) is 6.92 Å². The van der Waals surface area contributed by atoms with Crippen LogP contribution in [0.4, 0.5) is 11.4 Å². The number of nitro benzene ring substituents is 2. The number of methoxy groups -OCH3 is 1. The zero-order valence-corrected chi connectivity index (χ0v) is 17.2. The molecule has 0 atom stereocenters. The van der Waals surface area contributed by atoms with Gasteiger partial charge in [-0.3, -0.25) is 20.2 Å². The first-order chi connectivity index (χ1) is 15.3. The molecule has 0 saturated heterocycles. The summed E-state index contributed by atoms with van der Waals surface area (Å²) in [5.41, 5.74) is 1.48. The molecule has 32 heavy (non-hydrogen) atoms. The van der Waals surface area contributed by atoms with Gasteiger partial charge in [-0.05, 0) is 48.9 Å². The molecule has 0 heterocycles. The Labute approximate surface area is 182 Å². The summed E-state index contributed by atoms with van der Waals surface area (Å²) in [6.07, 6.45) is 3.05. The van der Waals surface area contributed by atoms with E-state index in [1.54, 1.807) is 48.5 Å². The third-order valence-electron chi connectivity index (χ3n) is 4.55. The minimum atomic E-state index is -0.692. The molecule has 0 amide bonds. The fourth-order valence-electron chi connectivity index (χ4n) is 2.85. The second-order valence-electron chi connectivity index (χ2n) is 6.76. The molecule has 0 aromatic heterocycles. The van der Waals surface area contributed by atoms with Gasteiger partial charge in [-0.1, -0.05) is 29.8 Å².